The van der Waals surface area contributed by atoms with Crippen LogP contribution in [0.4, 0.5) is 3.89 Å². The van der Waals surface area contributed by atoms with Gasteiger partial charge in [-0.1, -0.05) is 42.5 Å². The Labute approximate surface area is 121 Å². The van der Waals surface area contributed by atoms with Gasteiger partial charge in [-0.3, -0.25) is 0 Å². The molecule has 3 aromatic carbocycles. The first-order valence-corrected chi connectivity index (χ1v) is 7.51. The second kappa shape index (κ2) is 4.64. The van der Waals surface area contributed by atoms with Crippen molar-refractivity contribution in [2.75, 3.05) is 0 Å². The van der Waals surface area contributed by atoms with Crippen LogP contribution in [0.5, 0.6) is 0 Å². The molecule has 0 bridgehead atoms. The largest absolute Gasteiger partial charge is 0.160 e. The van der Waals surface area contributed by atoms with E-state index in [0.717, 1.165) is 12.8 Å². The maximum Gasteiger partial charge on any atom is 0.0812 e. The third-order valence-corrected chi connectivity index (χ3v) is 4.55. The summed E-state index contributed by atoms with van der Waals surface area (Å²) >= 11 is 0.322. The van der Waals surface area contributed by atoms with Gasteiger partial charge in [0.05, 0.1) is 12.1 Å². The highest BCUT2D eigenvalue weighted by molar-refractivity contribution is 7.94. The second-order valence-electron chi connectivity index (χ2n) is 5.22. The standard InChI is InChI=1S/C18H13FS/c19-20-15-10-9-13-6-8-14-7-5-12-3-1-2-4-16(12)18(14)17(13)11-15/h1-5,7,9-11H,6,8H2. The molecule has 20 heavy (non-hydrogen) atoms. The summed E-state index contributed by atoms with van der Waals surface area (Å²) in [6.45, 7) is 0. The molecular weight excluding hydrogens is 267 g/mol. The van der Waals surface area contributed by atoms with Gasteiger partial charge in [0, 0.05) is 4.90 Å². The van der Waals surface area contributed by atoms with Gasteiger partial charge in [0.2, 0.25) is 0 Å². The number of halogens is 1. The lowest BCUT2D eigenvalue weighted by atomic mass is 9.83. The van der Waals surface area contributed by atoms with E-state index in [-0.39, 0.29) is 0 Å². The average Bonchev–Trinajstić information content (AvgIpc) is 2.53. The summed E-state index contributed by atoms with van der Waals surface area (Å²) in [6, 6.07) is 18.8. The highest BCUT2D eigenvalue weighted by atomic mass is 32.2. The molecule has 1 aliphatic carbocycles. The Morgan fingerprint density at radius 1 is 0.850 bits per heavy atom. The van der Waals surface area contributed by atoms with Gasteiger partial charge in [0.15, 0.2) is 0 Å². The number of fused-ring (bicyclic) bond motifs is 5. The van der Waals surface area contributed by atoms with Crippen LogP contribution < -0.4 is 0 Å². The van der Waals surface area contributed by atoms with Gasteiger partial charge in [0.25, 0.3) is 0 Å². The predicted octanol–water partition coefficient (Wildman–Crippen LogP) is 5.58. The maximum absolute atomic E-state index is 12.9. The smallest absolute Gasteiger partial charge is 0.0812 e. The van der Waals surface area contributed by atoms with Crippen LogP contribution in [0.15, 0.2) is 59.5 Å². The lowest BCUT2D eigenvalue weighted by Crippen LogP contribution is -2.04. The Bertz CT molecular complexity index is 808. The first-order chi connectivity index (χ1) is 9.86. The van der Waals surface area contributed by atoms with E-state index in [1.165, 1.54) is 33.0 Å². The van der Waals surface area contributed by atoms with E-state index in [1.54, 1.807) is 0 Å². The topological polar surface area (TPSA) is 0 Å². The molecule has 0 radical (unpaired) electrons. The van der Waals surface area contributed by atoms with Crippen LogP contribution in [-0.4, -0.2) is 0 Å². The summed E-state index contributed by atoms with van der Waals surface area (Å²) in [6.07, 6.45) is 2.10. The molecule has 0 nitrogen and oxygen atoms in total. The summed E-state index contributed by atoms with van der Waals surface area (Å²) in [4.78, 5) is 0.685. The Morgan fingerprint density at radius 3 is 2.55 bits per heavy atom. The number of hydrogen-bond donors (Lipinski definition) is 0. The van der Waals surface area contributed by atoms with Crippen LogP contribution in [0.3, 0.4) is 0 Å². The number of benzene rings is 3. The third kappa shape index (κ3) is 1.75. The van der Waals surface area contributed by atoms with Gasteiger partial charge in [-0.05, 0) is 58.0 Å². The minimum Gasteiger partial charge on any atom is -0.160 e. The molecule has 0 aromatic heterocycles. The van der Waals surface area contributed by atoms with Gasteiger partial charge in [-0.15, -0.1) is 0 Å². The number of rotatable bonds is 1. The zero-order valence-electron chi connectivity index (χ0n) is 10.9. The van der Waals surface area contributed by atoms with E-state index in [4.69, 9.17) is 0 Å². The summed E-state index contributed by atoms with van der Waals surface area (Å²) < 4.78 is 12.9. The van der Waals surface area contributed by atoms with E-state index in [1.807, 2.05) is 12.1 Å². The van der Waals surface area contributed by atoms with Crippen LogP contribution in [0.25, 0.3) is 21.9 Å². The molecule has 98 valence electrons. The summed E-state index contributed by atoms with van der Waals surface area (Å²) in [5.74, 6) is 0. The van der Waals surface area contributed by atoms with E-state index in [9.17, 15) is 3.89 Å². The molecule has 0 unspecified atom stereocenters. The molecule has 0 amide bonds. The van der Waals surface area contributed by atoms with Crippen molar-refractivity contribution in [2.45, 2.75) is 17.7 Å². The molecule has 0 spiro atoms. The minimum absolute atomic E-state index is 0.322. The fourth-order valence-electron chi connectivity index (χ4n) is 3.17. The van der Waals surface area contributed by atoms with Crippen LogP contribution in [-0.2, 0) is 12.8 Å². The molecule has 4 rings (SSSR count). The Kier molecular flexibility index (Phi) is 2.78. The van der Waals surface area contributed by atoms with Gasteiger partial charge in [-0.25, -0.2) is 0 Å². The molecule has 3 aromatic rings. The van der Waals surface area contributed by atoms with Crippen molar-refractivity contribution in [1.29, 1.82) is 0 Å². The number of aryl methyl sites for hydroxylation is 2. The Morgan fingerprint density at radius 2 is 1.65 bits per heavy atom. The molecule has 0 saturated carbocycles. The number of hydrogen-bond acceptors (Lipinski definition) is 1. The summed E-state index contributed by atoms with van der Waals surface area (Å²) in [5, 5.41) is 2.52. The van der Waals surface area contributed by atoms with Gasteiger partial charge >= 0.3 is 0 Å². The van der Waals surface area contributed by atoms with Crippen molar-refractivity contribution >= 4 is 22.9 Å². The van der Waals surface area contributed by atoms with Crippen LogP contribution in [0.1, 0.15) is 11.1 Å². The third-order valence-electron chi connectivity index (χ3n) is 4.12. The van der Waals surface area contributed by atoms with Crippen LogP contribution >= 0.6 is 12.1 Å². The quantitative estimate of drug-likeness (QED) is 0.560. The zero-order valence-corrected chi connectivity index (χ0v) is 11.7. The monoisotopic (exact) mass is 280 g/mol. The van der Waals surface area contributed by atoms with E-state index in [0.29, 0.717) is 17.0 Å². The average molecular weight is 280 g/mol. The van der Waals surface area contributed by atoms with Crippen molar-refractivity contribution < 1.29 is 3.89 Å². The highest BCUT2D eigenvalue weighted by Crippen LogP contribution is 2.40. The minimum atomic E-state index is 0.322. The fourth-order valence-corrected chi connectivity index (χ4v) is 3.45. The first-order valence-electron chi connectivity index (χ1n) is 6.79. The van der Waals surface area contributed by atoms with Crippen LogP contribution in [0, 0.1) is 0 Å². The van der Waals surface area contributed by atoms with Gasteiger partial charge in [0.1, 0.15) is 0 Å². The molecular formula is C18H13FS. The van der Waals surface area contributed by atoms with Gasteiger partial charge < -0.3 is 0 Å². The van der Waals surface area contributed by atoms with Crippen molar-refractivity contribution in [3.63, 3.8) is 0 Å². The summed E-state index contributed by atoms with van der Waals surface area (Å²) in [5.41, 5.74) is 5.19. The molecule has 1 aliphatic rings. The zero-order chi connectivity index (χ0) is 13.5. The first kappa shape index (κ1) is 12.0. The summed E-state index contributed by atoms with van der Waals surface area (Å²) in [7, 11) is 0. The maximum atomic E-state index is 12.9. The predicted molar refractivity (Wildman–Crippen MR) is 83.8 cm³/mol. The van der Waals surface area contributed by atoms with Crippen molar-refractivity contribution in [2.24, 2.45) is 0 Å². The van der Waals surface area contributed by atoms with E-state index in [2.05, 4.69) is 42.5 Å². The molecule has 0 saturated heterocycles. The molecule has 0 aliphatic heterocycles. The van der Waals surface area contributed by atoms with Crippen molar-refractivity contribution in [1.82, 2.24) is 0 Å². The van der Waals surface area contributed by atoms with E-state index < -0.39 is 0 Å². The lowest BCUT2D eigenvalue weighted by molar-refractivity contribution is 0.926. The second-order valence-corrected chi connectivity index (χ2v) is 5.84. The molecule has 0 N–H and O–H groups in total. The lowest BCUT2D eigenvalue weighted by Gasteiger charge is -2.22. The molecule has 0 fully saturated rings. The Balaban J connectivity index is 2.09. The molecule has 2 heteroatoms. The fraction of sp³-hybridized carbons (Fsp3) is 0.111. The Hall–Kier alpha value is -1.80. The normalized spacial score (nSPS) is 13.1. The molecule has 0 heterocycles. The molecule has 0 atom stereocenters. The van der Waals surface area contributed by atoms with Crippen LogP contribution in [0.2, 0.25) is 0 Å². The highest BCUT2D eigenvalue weighted by Gasteiger charge is 2.18. The SMILES string of the molecule is FSc1ccc2c(c1)-c1c(ccc3ccccc13)CC2. The van der Waals surface area contributed by atoms with Crippen molar-refractivity contribution in [3.05, 3.63) is 65.7 Å². The van der Waals surface area contributed by atoms with E-state index >= 15 is 0 Å². The van der Waals surface area contributed by atoms with Crippen molar-refractivity contribution in [3.8, 4) is 11.1 Å². The van der Waals surface area contributed by atoms with Gasteiger partial charge in [-0.2, -0.15) is 3.89 Å².